The van der Waals surface area contributed by atoms with Gasteiger partial charge >= 0.3 is 12.1 Å². The van der Waals surface area contributed by atoms with Crippen LogP contribution in [0, 0.1) is 11.8 Å². The Labute approximate surface area is 188 Å². The highest BCUT2D eigenvalue weighted by Gasteiger charge is 2.16. The van der Waals surface area contributed by atoms with Gasteiger partial charge in [0.1, 0.15) is 0 Å². The zero-order valence-electron chi connectivity index (χ0n) is 20.7. The second-order valence-electron chi connectivity index (χ2n) is 7.95. The summed E-state index contributed by atoms with van der Waals surface area (Å²) >= 11 is 0. The van der Waals surface area contributed by atoms with Crippen LogP contribution in [0.3, 0.4) is 0 Å². The summed E-state index contributed by atoms with van der Waals surface area (Å²) in [6.45, 7) is 18.1. The number of hydrazine groups is 2. The molecule has 0 aliphatic heterocycles. The third kappa shape index (κ3) is 17.9. The molecule has 0 fully saturated rings. The molecule has 4 amide bonds. The molecule has 8 heteroatoms. The molecule has 0 aliphatic rings. The number of carbonyl (C=O) groups excluding carboxylic acids is 3. The Morgan fingerprint density at radius 1 is 0.871 bits per heavy atom. The van der Waals surface area contributed by atoms with Crippen LogP contribution < -0.4 is 21.6 Å². The van der Waals surface area contributed by atoms with Gasteiger partial charge in [-0.3, -0.25) is 9.80 Å². The number of nitrogens with zero attached hydrogens (tertiary/aromatic N) is 1. The van der Waals surface area contributed by atoms with E-state index in [2.05, 4.69) is 42.4 Å². The normalized spacial score (nSPS) is 9.81. The Hall–Kier alpha value is -2.61. The molecule has 0 bridgehead atoms. The van der Waals surface area contributed by atoms with Gasteiger partial charge in [0.25, 0.3) is 0 Å². The number of ketones is 1. The second kappa shape index (κ2) is 18.2. The molecule has 1 rings (SSSR count). The van der Waals surface area contributed by atoms with E-state index in [1.54, 1.807) is 13.8 Å². The van der Waals surface area contributed by atoms with E-state index >= 15 is 0 Å². The van der Waals surface area contributed by atoms with E-state index in [1.807, 2.05) is 58.0 Å². The van der Waals surface area contributed by atoms with E-state index in [0.717, 1.165) is 11.5 Å². The average molecular weight is 438 g/mol. The molecule has 0 saturated carbocycles. The fourth-order valence-electron chi connectivity index (χ4n) is 1.85. The minimum atomic E-state index is -0.647. The van der Waals surface area contributed by atoms with Crippen LogP contribution in [0.1, 0.15) is 67.9 Å². The quantitative estimate of drug-likeness (QED) is 0.479. The van der Waals surface area contributed by atoms with Gasteiger partial charge in [-0.15, -0.1) is 0 Å². The highest BCUT2D eigenvalue weighted by Crippen LogP contribution is 2.03. The van der Waals surface area contributed by atoms with Gasteiger partial charge in [-0.1, -0.05) is 78.8 Å². The van der Waals surface area contributed by atoms with E-state index < -0.39 is 12.1 Å². The van der Waals surface area contributed by atoms with Crippen LogP contribution in [0.25, 0.3) is 0 Å². The smallest absolute Gasteiger partial charge is 0.330 e. The molecule has 8 nitrogen and oxygen atoms in total. The average Bonchev–Trinajstić information content (AvgIpc) is 2.71. The topological polar surface area (TPSA) is 103 Å². The summed E-state index contributed by atoms with van der Waals surface area (Å²) in [5.74, 6) is 0.583. The minimum absolute atomic E-state index is 0.0342. The first kappa shape index (κ1) is 30.6. The first-order valence-corrected chi connectivity index (χ1v) is 11.0. The van der Waals surface area contributed by atoms with Crippen LogP contribution >= 0.6 is 0 Å². The molecule has 0 spiro atoms. The van der Waals surface area contributed by atoms with Crippen molar-refractivity contribution in [1.82, 2.24) is 26.6 Å². The molecule has 1 aromatic rings. The van der Waals surface area contributed by atoms with Gasteiger partial charge in [-0.25, -0.2) is 25.9 Å². The van der Waals surface area contributed by atoms with Gasteiger partial charge in [0.05, 0.1) is 13.1 Å². The first-order chi connectivity index (χ1) is 14.5. The molecule has 178 valence electrons. The van der Waals surface area contributed by atoms with Crippen molar-refractivity contribution in [2.75, 3.05) is 6.54 Å². The molecular weight excluding hydrogens is 394 g/mol. The number of benzene rings is 1. The van der Waals surface area contributed by atoms with Gasteiger partial charge in [0.15, 0.2) is 5.78 Å². The lowest BCUT2D eigenvalue weighted by atomic mass is 10.1. The number of urea groups is 2. The zero-order chi connectivity index (χ0) is 24.4. The van der Waals surface area contributed by atoms with Crippen molar-refractivity contribution in [3.8, 4) is 0 Å². The zero-order valence-corrected chi connectivity index (χ0v) is 20.7. The summed E-state index contributed by atoms with van der Waals surface area (Å²) in [6.07, 6.45) is 0. The lowest BCUT2D eigenvalue weighted by Gasteiger charge is -2.26. The fraction of sp³-hybridized carbons (Fsp3) is 0.609. The lowest BCUT2D eigenvalue weighted by molar-refractivity contribution is -0.120. The maximum absolute atomic E-state index is 12.3. The van der Waals surface area contributed by atoms with Crippen molar-refractivity contribution in [3.63, 3.8) is 0 Å². The number of hydrogen-bond acceptors (Lipinski definition) is 4. The fourth-order valence-corrected chi connectivity index (χ4v) is 1.85. The number of Topliss-reactive ketones (excluding diaryl/α,β-unsaturated/α-hetero) is 1. The van der Waals surface area contributed by atoms with Gasteiger partial charge in [-0.05, 0) is 25.3 Å². The van der Waals surface area contributed by atoms with Crippen molar-refractivity contribution in [3.05, 3.63) is 35.9 Å². The molecule has 0 radical (unpaired) electrons. The lowest BCUT2D eigenvalue weighted by Crippen LogP contribution is -2.56. The predicted molar refractivity (Wildman–Crippen MR) is 127 cm³/mol. The summed E-state index contributed by atoms with van der Waals surface area (Å²) in [5.41, 5.74) is 8.50. The summed E-state index contributed by atoms with van der Waals surface area (Å²) in [5, 5.41) is 3.77. The Kier molecular flexibility index (Phi) is 17.9. The SMILES string of the molecule is CC.CC(C)C.CC(C)NN(Cc1ccccc1)C(=O)NNC(=O)NCC(=O)C(C)C. The van der Waals surface area contributed by atoms with Crippen molar-refractivity contribution >= 4 is 17.8 Å². The summed E-state index contributed by atoms with van der Waals surface area (Å²) in [7, 11) is 0. The largest absolute Gasteiger partial charge is 0.350 e. The van der Waals surface area contributed by atoms with Crippen LogP contribution in [0.4, 0.5) is 9.59 Å². The first-order valence-electron chi connectivity index (χ1n) is 11.0. The molecule has 4 N–H and O–H groups in total. The van der Waals surface area contributed by atoms with E-state index in [9.17, 15) is 14.4 Å². The van der Waals surface area contributed by atoms with Crippen LogP contribution in [-0.4, -0.2) is 35.4 Å². The molecule has 0 aromatic heterocycles. The molecule has 31 heavy (non-hydrogen) atoms. The van der Waals surface area contributed by atoms with Crippen LogP contribution in [0.15, 0.2) is 30.3 Å². The maximum Gasteiger partial charge on any atom is 0.350 e. The monoisotopic (exact) mass is 437 g/mol. The van der Waals surface area contributed by atoms with Crippen LogP contribution in [0.2, 0.25) is 0 Å². The third-order valence-electron chi connectivity index (χ3n) is 3.19. The number of nitrogens with one attached hydrogen (secondary N) is 4. The van der Waals surface area contributed by atoms with E-state index in [1.165, 1.54) is 5.01 Å². The van der Waals surface area contributed by atoms with Gasteiger partial charge in [0, 0.05) is 12.0 Å². The maximum atomic E-state index is 12.3. The Bertz CT molecular complexity index is 616. The van der Waals surface area contributed by atoms with Crippen molar-refractivity contribution in [2.24, 2.45) is 11.8 Å². The van der Waals surface area contributed by atoms with Crippen LogP contribution in [-0.2, 0) is 11.3 Å². The molecule has 0 aliphatic carbocycles. The Morgan fingerprint density at radius 3 is 1.84 bits per heavy atom. The molecule has 0 saturated heterocycles. The molecule has 0 atom stereocenters. The summed E-state index contributed by atoms with van der Waals surface area (Å²) < 4.78 is 0. The number of carbonyl (C=O) groups is 3. The molecule has 0 heterocycles. The van der Waals surface area contributed by atoms with Gasteiger partial charge in [-0.2, -0.15) is 0 Å². The Balaban J connectivity index is 0. The summed E-state index contributed by atoms with van der Waals surface area (Å²) in [4.78, 5) is 35.4. The van der Waals surface area contributed by atoms with E-state index in [0.29, 0.717) is 6.54 Å². The van der Waals surface area contributed by atoms with E-state index in [-0.39, 0.29) is 24.3 Å². The third-order valence-corrected chi connectivity index (χ3v) is 3.19. The van der Waals surface area contributed by atoms with Crippen molar-refractivity contribution in [2.45, 2.75) is 74.9 Å². The minimum Gasteiger partial charge on any atom is -0.330 e. The highest BCUT2D eigenvalue weighted by molar-refractivity contribution is 5.87. The molecular formula is C23H43N5O3. The summed E-state index contributed by atoms with van der Waals surface area (Å²) in [6, 6.07) is 8.35. The molecule has 0 unspecified atom stereocenters. The van der Waals surface area contributed by atoms with Crippen molar-refractivity contribution < 1.29 is 14.4 Å². The number of rotatable bonds is 7. The van der Waals surface area contributed by atoms with Gasteiger partial charge in [0.2, 0.25) is 0 Å². The Morgan fingerprint density at radius 2 is 1.39 bits per heavy atom. The number of amides is 4. The van der Waals surface area contributed by atoms with Crippen molar-refractivity contribution in [1.29, 1.82) is 0 Å². The highest BCUT2D eigenvalue weighted by atomic mass is 16.2. The van der Waals surface area contributed by atoms with E-state index in [4.69, 9.17) is 0 Å². The number of hydrogen-bond donors (Lipinski definition) is 4. The molecule has 1 aromatic carbocycles. The van der Waals surface area contributed by atoms with Gasteiger partial charge < -0.3 is 5.32 Å². The second-order valence-corrected chi connectivity index (χ2v) is 7.95. The standard InChI is InChI=1S/C17H27N5O3.C4H10.C2H6/c1-12(2)15(23)10-18-16(24)19-20-17(25)22(21-13(3)4)11-14-8-6-5-7-9-14;1-4(2)3;1-2/h5-9,12-13,21H,10-11H2,1-4H3,(H,20,25)(H2,18,19,24);4H,1-3H3;1-2H3. The van der Waals surface area contributed by atoms with Crippen LogP contribution in [0.5, 0.6) is 0 Å². The predicted octanol–water partition coefficient (Wildman–Crippen LogP) is 4.24.